The SMILES string of the molecule is O=C(Oc1ccc(Cl)c2ccccc12)c1cccc(OC(F)F)c1. The largest absolute Gasteiger partial charge is 0.435 e. The monoisotopic (exact) mass is 348 g/mol. The van der Waals surface area contributed by atoms with Crippen molar-refractivity contribution in [2.24, 2.45) is 0 Å². The van der Waals surface area contributed by atoms with Gasteiger partial charge in [-0.2, -0.15) is 8.78 Å². The average molecular weight is 349 g/mol. The van der Waals surface area contributed by atoms with Gasteiger partial charge in [0.15, 0.2) is 0 Å². The zero-order chi connectivity index (χ0) is 17.1. The Bertz CT molecular complexity index is 896. The van der Waals surface area contributed by atoms with Crippen molar-refractivity contribution >= 4 is 28.3 Å². The van der Waals surface area contributed by atoms with E-state index in [4.69, 9.17) is 16.3 Å². The van der Waals surface area contributed by atoms with Crippen LogP contribution < -0.4 is 9.47 Å². The Hall–Kier alpha value is -2.66. The van der Waals surface area contributed by atoms with Crippen LogP contribution >= 0.6 is 11.6 Å². The van der Waals surface area contributed by atoms with Gasteiger partial charge in [-0.3, -0.25) is 0 Å². The van der Waals surface area contributed by atoms with Crippen LogP contribution in [0.5, 0.6) is 11.5 Å². The maximum Gasteiger partial charge on any atom is 0.387 e. The van der Waals surface area contributed by atoms with Gasteiger partial charge < -0.3 is 9.47 Å². The lowest BCUT2D eigenvalue weighted by molar-refractivity contribution is -0.0499. The summed E-state index contributed by atoms with van der Waals surface area (Å²) in [6, 6.07) is 15.9. The van der Waals surface area contributed by atoms with Crippen LogP contribution in [-0.2, 0) is 0 Å². The highest BCUT2D eigenvalue weighted by atomic mass is 35.5. The third kappa shape index (κ3) is 3.46. The number of fused-ring (bicyclic) bond motifs is 1. The van der Waals surface area contributed by atoms with Crippen LogP contribution in [0.4, 0.5) is 8.78 Å². The molecule has 0 aliphatic carbocycles. The first kappa shape index (κ1) is 16.2. The predicted octanol–water partition coefficient (Wildman–Crippen LogP) is 5.31. The van der Waals surface area contributed by atoms with E-state index in [1.54, 1.807) is 24.3 Å². The lowest BCUT2D eigenvalue weighted by atomic mass is 10.1. The number of rotatable bonds is 4. The topological polar surface area (TPSA) is 35.5 Å². The highest BCUT2D eigenvalue weighted by Gasteiger charge is 2.14. The van der Waals surface area contributed by atoms with E-state index in [9.17, 15) is 13.6 Å². The van der Waals surface area contributed by atoms with Gasteiger partial charge in [0.1, 0.15) is 11.5 Å². The molecular weight excluding hydrogens is 338 g/mol. The Kier molecular flexibility index (Phi) is 4.62. The van der Waals surface area contributed by atoms with E-state index in [0.29, 0.717) is 16.2 Å². The molecule has 0 amide bonds. The van der Waals surface area contributed by atoms with Gasteiger partial charge in [0.05, 0.1) is 5.56 Å². The minimum absolute atomic E-state index is 0.104. The van der Waals surface area contributed by atoms with Gasteiger partial charge in [0.25, 0.3) is 0 Å². The summed E-state index contributed by atoms with van der Waals surface area (Å²) in [5, 5.41) is 1.97. The molecule has 6 heteroatoms. The molecule has 0 saturated carbocycles. The molecule has 0 saturated heterocycles. The first-order valence-corrected chi connectivity index (χ1v) is 7.36. The molecule has 0 aromatic heterocycles. The molecule has 0 unspecified atom stereocenters. The second kappa shape index (κ2) is 6.84. The third-order valence-electron chi connectivity index (χ3n) is 3.33. The molecule has 3 aromatic carbocycles. The molecule has 0 fully saturated rings. The first-order valence-electron chi connectivity index (χ1n) is 6.99. The van der Waals surface area contributed by atoms with E-state index < -0.39 is 12.6 Å². The number of halogens is 3. The summed E-state index contributed by atoms with van der Waals surface area (Å²) in [4.78, 5) is 12.3. The Morgan fingerprint density at radius 2 is 1.71 bits per heavy atom. The number of alkyl halides is 2. The number of esters is 1. The summed E-state index contributed by atoms with van der Waals surface area (Å²) >= 11 is 6.12. The highest BCUT2D eigenvalue weighted by Crippen LogP contribution is 2.31. The first-order chi connectivity index (χ1) is 11.5. The van der Waals surface area contributed by atoms with Gasteiger partial charge in [0.2, 0.25) is 0 Å². The summed E-state index contributed by atoms with van der Waals surface area (Å²) in [5.74, 6) is -0.456. The van der Waals surface area contributed by atoms with E-state index in [-0.39, 0.29) is 11.3 Å². The fraction of sp³-hybridized carbons (Fsp3) is 0.0556. The van der Waals surface area contributed by atoms with Gasteiger partial charge in [0, 0.05) is 15.8 Å². The van der Waals surface area contributed by atoms with Crippen LogP contribution in [0.25, 0.3) is 10.8 Å². The molecule has 24 heavy (non-hydrogen) atoms. The van der Waals surface area contributed by atoms with Crippen LogP contribution in [0.1, 0.15) is 10.4 Å². The zero-order valence-corrected chi connectivity index (χ0v) is 13.0. The Labute approximate surface area is 141 Å². The molecule has 3 aromatic rings. The number of benzene rings is 3. The summed E-state index contributed by atoms with van der Waals surface area (Å²) in [5.41, 5.74) is 0.104. The molecule has 0 aliphatic heterocycles. The fourth-order valence-electron chi connectivity index (χ4n) is 2.28. The van der Waals surface area contributed by atoms with Crippen molar-refractivity contribution in [2.75, 3.05) is 0 Å². The number of ether oxygens (including phenoxy) is 2. The minimum atomic E-state index is -2.96. The van der Waals surface area contributed by atoms with Crippen molar-refractivity contribution in [3.63, 3.8) is 0 Å². The van der Waals surface area contributed by atoms with Crippen LogP contribution in [0, 0.1) is 0 Å². The van der Waals surface area contributed by atoms with Crippen molar-refractivity contribution in [1.29, 1.82) is 0 Å². The van der Waals surface area contributed by atoms with Crippen LogP contribution in [0.2, 0.25) is 5.02 Å². The van der Waals surface area contributed by atoms with Crippen molar-refractivity contribution < 1.29 is 23.0 Å². The molecule has 0 spiro atoms. The molecule has 122 valence electrons. The molecule has 0 radical (unpaired) electrons. The number of hydrogen-bond donors (Lipinski definition) is 0. The number of carbonyl (C=O) groups is 1. The summed E-state index contributed by atoms with van der Waals surface area (Å²) in [6.07, 6.45) is 0. The van der Waals surface area contributed by atoms with Crippen molar-refractivity contribution in [2.45, 2.75) is 6.61 Å². The van der Waals surface area contributed by atoms with Crippen LogP contribution in [0.3, 0.4) is 0 Å². The normalized spacial score (nSPS) is 10.8. The van der Waals surface area contributed by atoms with Crippen LogP contribution in [-0.4, -0.2) is 12.6 Å². The molecule has 0 heterocycles. The van der Waals surface area contributed by atoms with Gasteiger partial charge in [-0.1, -0.05) is 41.9 Å². The van der Waals surface area contributed by atoms with E-state index >= 15 is 0 Å². The number of hydrogen-bond acceptors (Lipinski definition) is 3. The fourth-order valence-corrected chi connectivity index (χ4v) is 2.51. The lowest BCUT2D eigenvalue weighted by Gasteiger charge is -2.10. The molecule has 3 rings (SSSR count). The van der Waals surface area contributed by atoms with Gasteiger partial charge in [-0.25, -0.2) is 4.79 Å². The highest BCUT2D eigenvalue weighted by molar-refractivity contribution is 6.35. The Morgan fingerprint density at radius 1 is 0.958 bits per heavy atom. The van der Waals surface area contributed by atoms with E-state index in [2.05, 4.69) is 4.74 Å². The van der Waals surface area contributed by atoms with E-state index in [1.807, 2.05) is 12.1 Å². The number of carbonyl (C=O) groups excluding carboxylic acids is 1. The standard InChI is InChI=1S/C18H11ClF2O3/c19-15-8-9-16(14-7-2-1-6-13(14)15)24-17(22)11-4-3-5-12(10-11)23-18(20)21/h1-10,18H. The molecular formula is C18H11ClF2O3. The van der Waals surface area contributed by atoms with Gasteiger partial charge in [-0.05, 0) is 30.3 Å². The Morgan fingerprint density at radius 3 is 2.46 bits per heavy atom. The van der Waals surface area contributed by atoms with Gasteiger partial charge >= 0.3 is 12.6 Å². The maximum atomic E-state index is 12.3. The summed E-state index contributed by atoms with van der Waals surface area (Å²) < 4.78 is 34.2. The smallest absolute Gasteiger partial charge is 0.387 e. The van der Waals surface area contributed by atoms with Crippen molar-refractivity contribution in [3.05, 3.63) is 71.2 Å². The molecule has 0 atom stereocenters. The second-order valence-electron chi connectivity index (χ2n) is 4.89. The predicted molar refractivity (Wildman–Crippen MR) is 87.0 cm³/mol. The summed E-state index contributed by atoms with van der Waals surface area (Å²) in [7, 11) is 0. The van der Waals surface area contributed by atoms with Gasteiger partial charge in [-0.15, -0.1) is 0 Å². The summed E-state index contributed by atoms with van der Waals surface area (Å²) in [6.45, 7) is -2.96. The lowest BCUT2D eigenvalue weighted by Crippen LogP contribution is -2.09. The quantitative estimate of drug-likeness (QED) is 0.473. The van der Waals surface area contributed by atoms with Crippen molar-refractivity contribution in [3.8, 4) is 11.5 Å². The minimum Gasteiger partial charge on any atom is -0.435 e. The van der Waals surface area contributed by atoms with E-state index in [0.717, 1.165) is 5.39 Å². The molecule has 0 N–H and O–H groups in total. The van der Waals surface area contributed by atoms with E-state index in [1.165, 1.54) is 24.3 Å². The molecule has 0 aliphatic rings. The maximum absolute atomic E-state index is 12.3. The second-order valence-corrected chi connectivity index (χ2v) is 5.29. The molecule has 0 bridgehead atoms. The van der Waals surface area contributed by atoms with Crippen molar-refractivity contribution in [1.82, 2.24) is 0 Å². The Balaban J connectivity index is 1.89. The third-order valence-corrected chi connectivity index (χ3v) is 3.66. The van der Waals surface area contributed by atoms with Crippen LogP contribution in [0.15, 0.2) is 60.7 Å². The average Bonchev–Trinajstić information content (AvgIpc) is 2.57. The zero-order valence-electron chi connectivity index (χ0n) is 12.2. The molecule has 3 nitrogen and oxygen atoms in total.